The first kappa shape index (κ1) is 11.5. The predicted octanol–water partition coefficient (Wildman–Crippen LogP) is 2.18. The second-order valence-electron chi connectivity index (χ2n) is 4.93. The number of aromatic nitrogens is 3. The molecule has 0 atom stereocenters. The molecule has 0 unspecified atom stereocenters. The number of imidazole rings is 1. The fourth-order valence-electron chi connectivity index (χ4n) is 2.62. The van der Waals surface area contributed by atoms with Crippen LogP contribution in [-0.4, -0.2) is 21.1 Å². The number of nitrogens with zero attached hydrogens (tertiary/aromatic N) is 3. The Labute approximate surface area is 115 Å². The lowest BCUT2D eigenvalue weighted by Gasteiger charge is -2.11. The Balaban J connectivity index is 1.90. The predicted molar refractivity (Wildman–Crippen MR) is 73.8 cm³/mol. The molecule has 3 aromatic rings. The van der Waals surface area contributed by atoms with Crippen LogP contribution in [0.1, 0.15) is 11.4 Å². The lowest BCUT2D eigenvalue weighted by Crippen LogP contribution is -2.24. The van der Waals surface area contributed by atoms with E-state index in [1.165, 1.54) is 12.1 Å². The third-order valence-electron chi connectivity index (χ3n) is 3.60. The van der Waals surface area contributed by atoms with Gasteiger partial charge in [-0.25, -0.2) is 13.9 Å². The molecule has 3 heterocycles. The number of nitrogens with one attached hydrogen (secondary N) is 1. The smallest absolute Gasteiger partial charge is 0.154 e. The Morgan fingerprint density at radius 2 is 2.15 bits per heavy atom. The zero-order valence-corrected chi connectivity index (χ0v) is 10.8. The molecular formula is C15H13FN4. The molecule has 0 bridgehead atoms. The Hall–Kier alpha value is -2.27. The van der Waals surface area contributed by atoms with Crippen molar-refractivity contribution in [3.05, 3.63) is 53.6 Å². The van der Waals surface area contributed by atoms with Gasteiger partial charge in [-0.05, 0) is 24.3 Å². The van der Waals surface area contributed by atoms with Gasteiger partial charge in [-0.3, -0.25) is 0 Å². The summed E-state index contributed by atoms with van der Waals surface area (Å²) in [5.41, 5.74) is 4.58. The van der Waals surface area contributed by atoms with Crippen LogP contribution in [0.25, 0.3) is 16.9 Å². The van der Waals surface area contributed by atoms with Crippen molar-refractivity contribution in [1.29, 1.82) is 0 Å². The van der Waals surface area contributed by atoms with E-state index in [9.17, 15) is 4.39 Å². The van der Waals surface area contributed by atoms with E-state index < -0.39 is 0 Å². The molecule has 2 aromatic heterocycles. The van der Waals surface area contributed by atoms with E-state index in [0.717, 1.165) is 47.8 Å². The van der Waals surface area contributed by atoms with Crippen LogP contribution in [0.5, 0.6) is 0 Å². The number of hydrogen-bond acceptors (Lipinski definition) is 3. The molecule has 0 amide bonds. The van der Waals surface area contributed by atoms with Crippen LogP contribution in [0.4, 0.5) is 4.39 Å². The molecule has 1 aromatic carbocycles. The Morgan fingerprint density at radius 1 is 1.20 bits per heavy atom. The zero-order valence-electron chi connectivity index (χ0n) is 10.8. The fourth-order valence-corrected chi connectivity index (χ4v) is 2.62. The van der Waals surface area contributed by atoms with Gasteiger partial charge >= 0.3 is 0 Å². The molecule has 4 nitrogen and oxygen atoms in total. The second kappa shape index (κ2) is 4.38. The molecule has 0 radical (unpaired) electrons. The van der Waals surface area contributed by atoms with Crippen LogP contribution in [0.15, 0.2) is 36.4 Å². The van der Waals surface area contributed by atoms with Crippen LogP contribution in [0.2, 0.25) is 0 Å². The zero-order chi connectivity index (χ0) is 13.5. The molecule has 20 heavy (non-hydrogen) atoms. The van der Waals surface area contributed by atoms with Crippen molar-refractivity contribution in [3.8, 4) is 11.3 Å². The van der Waals surface area contributed by atoms with Crippen molar-refractivity contribution >= 4 is 5.65 Å². The van der Waals surface area contributed by atoms with Crippen molar-refractivity contribution in [3.63, 3.8) is 0 Å². The highest BCUT2D eigenvalue weighted by atomic mass is 19.1. The van der Waals surface area contributed by atoms with Crippen molar-refractivity contribution in [2.24, 2.45) is 0 Å². The number of rotatable bonds is 1. The molecule has 0 fully saturated rings. The standard InChI is InChI=1S/C15H13FN4/c16-11-3-1-2-10(8-11)12-4-5-15-18-13-6-7-17-9-14(13)20(15)19-12/h1-5,8,17H,6-7,9H2. The molecule has 100 valence electrons. The van der Waals surface area contributed by atoms with Gasteiger partial charge in [0.25, 0.3) is 0 Å². The number of benzene rings is 1. The highest BCUT2D eigenvalue weighted by Crippen LogP contribution is 2.21. The monoisotopic (exact) mass is 268 g/mol. The lowest BCUT2D eigenvalue weighted by atomic mass is 10.1. The summed E-state index contributed by atoms with van der Waals surface area (Å²) in [7, 11) is 0. The largest absolute Gasteiger partial charge is 0.311 e. The summed E-state index contributed by atoms with van der Waals surface area (Å²) in [6, 6.07) is 10.3. The molecule has 1 aliphatic rings. The van der Waals surface area contributed by atoms with Crippen molar-refractivity contribution in [2.75, 3.05) is 6.54 Å². The van der Waals surface area contributed by atoms with Crippen molar-refractivity contribution in [2.45, 2.75) is 13.0 Å². The van der Waals surface area contributed by atoms with Gasteiger partial charge in [0.05, 0.1) is 17.1 Å². The molecule has 1 aliphatic heterocycles. The van der Waals surface area contributed by atoms with E-state index in [-0.39, 0.29) is 5.82 Å². The average molecular weight is 268 g/mol. The van der Waals surface area contributed by atoms with E-state index >= 15 is 0 Å². The average Bonchev–Trinajstić information content (AvgIpc) is 2.85. The highest BCUT2D eigenvalue weighted by molar-refractivity contribution is 5.60. The fraction of sp³-hybridized carbons (Fsp3) is 0.200. The number of halogens is 1. The summed E-state index contributed by atoms with van der Waals surface area (Å²) in [4.78, 5) is 4.59. The van der Waals surface area contributed by atoms with Gasteiger partial charge in [-0.15, -0.1) is 0 Å². The first-order valence-corrected chi connectivity index (χ1v) is 6.65. The van der Waals surface area contributed by atoms with Crippen LogP contribution in [0.3, 0.4) is 0 Å². The maximum atomic E-state index is 13.3. The van der Waals surface area contributed by atoms with Gasteiger partial charge in [-0.2, -0.15) is 5.10 Å². The normalized spacial score (nSPS) is 14.4. The minimum atomic E-state index is -0.251. The van der Waals surface area contributed by atoms with Gasteiger partial charge in [0.2, 0.25) is 0 Å². The first-order chi connectivity index (χ1) is 9.81. The summed E-state index contributed by atoms with van der Waals surface area (Å²) in [5.74, 6) is -0.251. The van der Waals surface area contributed by atoms with E-state index in [1.807, 2.05) is 22.7 Å². The minimum Gasteiger partial charge on any atom is -0.311 e. The quantitative estimate of drug-likeness (QED) is 0.735. The molecule has 5 heteroatoms. The topological polar surface area (TPSA) is 42.2 Å². The number of fused-ring (bicyclic) bond motifs is 3. The van der Waals surface area contributed by atoms with Crippen LogP contribution in [-0.2, 0) is 13.0 Å². The summed E-state index contributed by atoms with van der Waals surface area (Å²) in [5, 5.41) is 7.93. The maximum Gasteiger partial charge on any atom is 0.154 e. The van der Waals surface area contributed by atoms with Crippen LogP contribution < -0.4 is 5.32 Å². The molecule has 0 aliphatic carbocycles. The molecule has 1 N–H and O–H groups in total. The third kappa shape index (κ3) is 1.78. The van der Waals surface area contributed by atoms with Gasteiger partial charge in [-0.1, -0.05) is 12.1 Å². The Morgan fingerprint density at radius 3 is 3.05 bits per heavy atom. The summed E-state index contributed by atoms with van der Waals surface area (Å²) < 4.78 is 15.2. The molecular weight excluding hydrogens is 255 g/mol. The molecule has 0 saturated heterocycles. The Bertz CT molecular complexity index is 794. The van der Waals surface area contributed by atoms with E-state index in [0.29, 0.717) is 0 Å². The van der Waals surface area contributed by atoms with E-state index in [1.54, 1.807) is 6.07 Å². The van der Waals surface area contributed by atoms with Crippen molar-refractivity contribution < 1.29 is 4.39 Å². The molecule has 4 rings (SSSR count). The Kier molecular flexibility index (Phi) is 2.53. The number of hydrogen-bond donors (Lipinski definition) is 1. The highest BCUT2D eigenvalue weighted by Gasteiger charge is 2.16. The van der Waals surface area contributed by atoms with E-state index in [2.05, 4.69) is 15.4 Å². The van der Waals surface area contributed by atoms with Gasteiger partial charge in [0, 0.05) is 25.1 Å². The summed E-state index contributed by atoms with van der Waals surface area (Å²) in [6.07, 6.45) is 0.925. The second-order valence-corrected chi connectivity index (χ2v) is 4.93. The van der Waals surface area contributed by atoms with Gasteiger partial charge in [0.1, 0.15) is 5.82 Å². The van der Waals surface area contributed by atoms with Gasteiger partial charge < -0.3 is 5.32 Å². The SMILES string of the molecule is Fc1cccc(-c2ccc3nc4c(n3n2)CNCC4)c1. The maximum absolute atomic E-state index is 13.3. The summed E-state index contributed by atoms with van der Waals surface area (Å²) >= 11 is 0. The molecule has 0 spiro atoms. The minimum absolute atomic E-state index is 0.251. The first-order valence-electron chi connectivity index (χ1n) is 6.65. The summed E-state index contributed by atoms with van der Waals surface area (Å²) in [6.45, 7) is 1.73. The molecule has 0 saturated carbocycles. The van der Waals surface area contributed by atoms with Crippen molar-refractivity contribution in [1.82, 2.24) is 19.9 Å². The van der Waals surface area contributed by atoms with Crippen LogP contribution in [0, 0.1) is 5.82 Å². The third-order valence-corrected chi connectivity index (χ3v) is 3.60. The van der Waals surface area contributed by atoms with E-state index in [4.69, 9.17) is 0 Å². The van der Waals surface area contributed by atoms with Gasteiger partial charge in [0.15, 0.2) is 5.65 Å². The van der Waals surface area contributed by atoms with Crippen LogP contribution >= 0.6 is 0 Å². The lowest BCUT2D eigenvalue weighted by molar-refractivity contribution is 0.611.